The highest BCUT2D eigenvalue weighted by Gasteiger charge is 2.01. The second-order valence-electron chi connectivity index (χ2n) is 2.82. The van der Waals surface area contributed by atoms with Crippen molar-refractivity contribution in [1.82, 2.24) is 0 Å². The summed E-state index contributed by atoms with van der Waals surface area (Å²) < 4.78 is 5.11. The van der Waals surface area contributed by atoms with Gasteiger partial charge in [-0.1, -0.05) is 19.1 Å². The van der Waals surface area contributed by atoms with E-state index in [4.69, 9.17) is 10.1 Å². The molecule has 0 saturated heterocycles. The van der Waals surface area contributed by atoms with Gasteiger partial charge in [0, 0.05) is 5.56 Å². The molecule has 0 amide bonds. The SMILES string of the molecule is CCOC(=N)c1cccc(CC)c1. The highest BCUT2D eigenvalue weighted by molar-refractivity contribution is 5.91. The van der Waals surface area contributed by atoms with Crippen molar-refractivity contribution in [2.24, 2.45) is 0 Å². The molecule has 1 rings (SSSR count). The molecule has 0 atom stereocenters. The molecule has 0 saturated carbocycles. The summed E-state index contributed by atoms with van der Waals surface area (Å²) in [5, 5.41) is 7.58. The summed E-state index contributed by atoms with van der Waals surface area (Å²) in [5.74, 6) is 0.262. The van der Waals surface area contributed by atoms with Gasteiger partial charge in [-0.25, -0.2) is 0 Å². The predicted octanol–water partition coefficient (Wildman–Crippen LogP) is 2.61. The van der Waals surface area contributed by atoms with Crippen LogP contribution in [0.2, 0.25) is 0 Å². The molecule has 0 aliphatic heterocycles. The molecule has 2 nitrogen and oxygen atoms in total. The quantitative estimate of drug-likeness (QED) is 0.558. The highest BCUT2D eigenvalue weighted by atomic mass is 16.5. The lowest BCUT2D eigenvalue weighted by atomic mass is 10.1. The molecule has 2 heteroatoms. The van der Waals surface area contributed by atoms with Crippen molar-refractivity contribution in [3.63, 3.8) is 0 Å². The van der Waals surface area contributed by atoms with Gasteiger partial charge >= 0.3 is 0 Å². The van der Waals surface area contributed by atoms with Gasteiger partial charge in [0.05, 0.1) is 6.61 Å². The van der Waals surface area contributed by atoms with Crippen LogP contribution in [0.3, 0.4) is 0 Å². The maximum absolute atomic E-state index is 7.58. The molecular formula is C11H15NO. The largest absolute Gasteiger partial charge is 0.478 e. The van der Waals surface area contributed by atoms with Crippen LogP contribution < -0.4 is 0 Å². The summed E-state index contributed by atoms with van der Waals surface area (Å²) in [6.07, 6.45) is 0.993. The van der Waals surface area contributed by atoms with Crippen molar-refractivity contribution in [3.8, 4) is 0 Å². The van der Waals surface area contributed by atoms with E-state index in [0.29, 0.717) is 6.61 Å². The van der Waals surface area contributed by atoms with E-state index in [-0.39, 0.29) is 5.90 Å². The first kappa shape index (κ1) is 9.78. The third-order valence-electron chi connectivity index (χ3n) is 1.89. The van der Waals surface area contributed by atoms with Crippen molar-refractivity contribution in [1.29, 1.82) is 5.41 Å². The maximum atomic E-state index is 7.58. The van der Waals surface area contributed by atoms with Crippen molar-refractivity contribution >= 4 is 5.90 Å². The van der Waals surface area contributed by atoms with Gasteiger partial charge < -0.3 is 4.74 Å². The smallest absolute Gasteiger partial charge is 0.213 e. The number of nitrogens with one attached hydrogen (secondary N) is 1. The van der Waals surface area contributed by atoms with Crippen LogP contribution >= 0.6 is 0 Å². The Bertz CT molecular complexity index is 294. The molecular weight excluding hydrogens is 162 g/mol. The zero-order valence-corrected chi connectivity index (χ0v) is 8.13. The molecule has 1 N–H and O–H groups in total. The van der Waals surface area contributed by atoms with Gasteiger partial charge in [-0.15, -0.1) is 0 Å². The van der Waals surface area contributed by atoms with Gasteiger partial charge in [-0.05, 0) is 31.0 Å². The van der Waals surface area contributed by atoms with E-state index in [2.05, 4.69) is 13.0 Å². The van der Waals surface area contributed by atoms with Crippen LogP contribution in [0.15, 0.2) is 24.3 Å². The van der Waals surface area contributed by atoms with Crippen LogP contribution in [0.5, 0.6) is 0 Å². The Morgan fingerprint density at radius 3 is 2.77 bits per heavy atom. The Labute approximate surface area is 79.1 Å². The van der Waals surface area contributed by atoms with Gasteiger partial charge in [0.25, 0.3) is 0 Å². The Hall–Kier alpha value is -1.31. The molecule has 70 valence electrons. The van der Waals surface area contributed by atoms with E-state index in [1.807, 2.05) is 25.1 Å². The van der Waals surface area contributed by atoms with Crippen LogP contribution in [-0.4, -0.2) is 12.5 Å². The van der Waals surface area contributed by atoms with Crippen LogP contribution in [0.1, 0.15) is 25.0 Å². The monoisotopic (exact) mass is 177 g/mol. The average molecular weight is 177 g/mol. The predicted molar refractivity (Wildman–Crippen MR) is 54.3 cm³/mol. The first-order chi connectivity index (χ1) is 6.27. The van der Waals surface area contributed by atoms with Crippen LogP contribution in [0.4, 0.5) is 0 Å². The highest BCUT2D eigenvalue weighted by Crippen LogP contribution is 2.07. The molecule has 0 fully saturated rings. The fraction of sp³-hybridized carbons (Fsp3) is 0.364. The number of aryl methyl sites for hydroxylation is 1. The van der Waals surface area contributed by atoms with Crippen LogP contribution in [0, 0.1) is 5.41 Å². The van der Waals surface area contributed by atoms with Gasteiger partial charge in [-0.2, -0.15) is 0 Å². The normalized spacial score (nSPS) is 9.69. The standard InChI is InChI=1S/C11H15NO/c1-3-9-6-5-7-10(8-9)11(12)13-4-2/h5-8,12H,3-4H2,1-2H3. The van der Waals surface area contributed by atoms with E-state index < -0.39 is 0 Å². The fourth-order valence-corrected chi connectivity index (χ4v) is 1.16. The summed E-state index contributed by atoms with van der Waals surface area (Å²) in [6, 6.07) is 7.92. The minimum atomic E-state index is 0.262. The summed E-state index contributed by atoms with van der Waals surface area (Å²) in [5.41, 5.74) is 2.10. The van der Waals surface area contributed by atoms with Gasteiger partial charge in [0.1, 0.15) is 0 Å². The molecule has 0 spiro atoms. The summed E-state index contributed by atoms with van der Waals surface area (Å²) in [7, 11) is 0. The minimum Gasteiger partial charge on any atom is -0.478 e. The van der Waals surface area contributed by atoms with E-state index >= 15 is 0 Å². The topological polar surface area (TPSA) is 33.1 Å². The Kier molecular flexibility index (Phi) is 3.50. The first-order valence-corrected chi connectivity index (χ1v) is 4.58. The average Bonchev–Trinajstić information content (AvgIpc) is 2.18. The van der Waals surface area contributed by atoms with Crippen LogP contribution in [-0.2, 0) is 11.2 Å². The Morgan fingerprint density at radius 1 is 1.38 bits per heavy atom. The third kappa shape index (κ3) is 2.58. The molecule has 0 radical (unpaired) electrons. The number of hydrogen-bond donors (Lipinski definition) is 1. The number of hydrogen-bond acceptors (Lipinski definition) is 2. The number of rotatable bonds is 3. The second kappa shape index (κ2) is 4.65. The fourth-order valence-electron chi connectivity index (χ4n) is 1.16. The molecule has 0 aliphatic carbocycles. The molecule has 0 heterocycles. The molecule has 0 aliphatic rings. The summed E-state index contributed by atoms with van der Waals surface area (Å²) >= 11 is 0. The summed E-state index contributed by atoms with van der Waals surface area (Å²) in [4.78, 5) is 0. The van der Waals surface area contributed by atoms with Crippen molar-refractivity contribution in [3.05, 3.63) is 35.4 Å². The van der Waals surface area contributed by atoms with Crippen molar-refractivity contribution in [2.75, 3.05) is 6.61 Å². The van der Waals surface area contributed by atoms with Gasteiger partial charge in [-0.3, -0.25) is 5.41 Å². The molecule has 0 bridgehead atoms. The lowest BCUT2D eigenvalue weighted by Crippen LogP contribution is -2.04. The first-order valence-electron chi connectivity index (χ1n) is 4.58. The van der Waals surface area contributed by atoms with Gasteiger partial charge in [0.15, 0.2) is 0 Å². The molecule has 13 heavy (non-hydrogen) atoms. The number of benzene rings is 1. The lowest BCUT2D eigenvalue weighted by Gasteiger charge is -2.05. The second-order valence-corrected chi connectivity index (χ2v) is 2.82. The van der Waals surface area contributed by atoms with Crippen molar-refractivity contribution < 1.29 is 4.74 Å². The van der Waals surface area contributed by atoms with Crippen LogP contribution in [0.25, 0.3) is 0 Å². The van der Waals surface area contributed by atoms with Gasteiger partial charge in [0.2, 0.25) is 5.90 Å². The molecule has 1 aromatic carbocycles. The maximum Gasteiger partial charge on any atom is 0.213 e. The molecule has 0 aromatic heterocycles. The molecule has 0 unspecified atom stereocenters. The lowest BCUT2D eigenvalue weighted by molar-refractivity contribution is 0.325. The Balaban J connectivity index is 2.82. The zero-order chi connectivity index (χ0) is 9.68. The minimum absolute atomic E-state index is 0.262. The van der Waals surface area contributed by atoms with E-state index in [0.717, 1.165) is 12.0 Å². The van der Waals surface area contributed by atoms with E-state index in [1.54, 1.807) is 0 Å². The van der Waals surface area contributed by atoms with Crippen molar-refractivity contribution in [2.45, 2.75) is 20.3 Å². The summed E-state index contributed by atoms with van der Waals surface area (Å²) in [6.45, 7) is 4.54. The Morgan fingerprint density at radius 2 is 2.15 bits per heavy atom. The number of ether oxygens (including phenoxy) is 1. The molecule has 1 aromatic rings. The van der Waals surface area contributed by atoms with E-state index in [9.17, 15) is 0 Å². The third-order valence-corrected chi connectivity index (χ3v) is 1.89. The van der Waals surface area contributed by atoms with E-state index in [1.165, 1.54) is 5.56 Å². The zero-order valence-electron chi connectivity index (χ0n) is 8.13.